The first-order chi connectivity index (χ1) is 19.0. The summed E-state index contributed by atoms with van der Waals surface area (Å²) >= 11 is 1.68. The Labute approximate surface area is 233 Å². The van der Waals surface area contributed by atoms with Gasteiger partial charge in [-0.05, 0) is 33.9 Å². The molecule has 39 heavy (non-hydrogen) atoms. The van der Waals surface area contributed by atoms with Gasteiger partial charge in [-0.25, -0.2) is 4.98 Å². The number of nitrogens with one attached hydrogen (secondary N) is 1. The van der Waals surface area contributed by atoms with Crippen LogP contribution in [0.1, 0.15) is 48.0 Å². The lowest BCUT2D eigenvalue weighted by atomic mass is 9.99. The number of nitrogens with zero attached hydrogens (tertiary/aromatic N) is 2. The summed E-state index contributed by atoms with van der Waals surface area (Å²) in [7, 11) is 1.99. The van der Waals surface area contributed by atoms with E-state index in [4.69, 9.17) is 9.47 Å². The molecule has 1 saturated heterocycles. The van der Waals surface area contributed by atoms with Crippen LogP contribution in [0.2, 0.25) is 0 Å². The maximum atomic E-state index is 11.3. The minimum atomic E-state index is -0.506. The molecule has 7 nitrogen and oxygen atoms in total. The van der Waals surface area contributed by atoms with Crippen molar-refractivity contribution in [2.45, 2.75) is 50.2 Å². The molecule has 1 aliphatic heterocycles. The Morgan fingerprint density at radius 3 is 2.49 bits per heavy atom. The van der Waals surface area contributed by atoms with Crippen molar-refractivity contribution in [1.29, 1.82) is 0 Å². The number of hydrogen-bond donors (Lipinski definition) is 2. The van der Waals surface area contributed by atoms with Crippen LogP contribution in [0, 0.1) is 0 Å². The van der Waals surface area contributed by atoms with Gasteiger partial charge in [-0.1, -0.05) is 78.5 Å². The molecule has 0 radical (unpaired) electrons. The molecule has 0 spiro atoms. The van der Waals surface area contributed by atoms with Crippen molar-refractivity contribution >= 4 is 17.7 Å². The van der Waals surface area contributed by atoms with E-state index in [0.717, 1.165) is 50.7 Å². The summed E-state index contributed by atoms with van der Waals surface area (Å²) in [5.41, 5.74) is 6.12. The number of hydrogen-bond acceptors (Lipinski definition) is 6. The highest BCUT2D eigenvalue weighted by molar-refractivity contribution is 7.99. The number of aliphatic hydroxyl groups is 1. The van der Waals surface area contributed by atoms with E-state index in [2.05, 4.69) is 46.7 Å². The molecular weight excluding hydrogens is 510 g/mol. The normalized spacial score (nSPS) is 19.1. The first-order valence-corrected chi connectivity index (χ1v) is 14.0. The fourth-order valence-corrected chi connectivity index (χ4v) is 5.55. The van der Waals surface area contributed by atoms with Crippen LogP contribution in [-0.4, -0.2) is 32.4 Å². The average Bonchev–Trinajstić information content (AvgIpc) is 3.39. The predicted molar refractivity (Wildman–Crippen MR) is 152 cm³/mol. The summed E-state index contributed by atoms with van der Waals surface area (Å²) < 4.78 is 15.0. The maximum absolute atomic E-state index is 11.3. The highest BCUT2D eigenvalue weighted by Gasteiger charge is 2.32. The van der Waals surface area contributed by atoms with Gasteiger partial charge < -0.3 is 24.5 Å². The number of amides is 1. The molecule has 2 heterocycles. The number of imidazole rings is 1. The summed E-state index contributed by atoms with van der Waals surface area (Å²) in [5, 5.41) is 13.3. The van der Waals surface area contributed by atoms with E-state index < -0.39 is 6.29 Å². The smallest absolute Gasteiger partial charge is 0.217 e. The minimum absolute atomic E-state index is 0.0168. The average molecular weight is 544 g/mol. The van der Waals surface area contributed by atoms with E-state index in [-0.39, 0.29) is 24.7 Å². The molecule has 3 aromatic carbocycles. The van der Waals surface area contributed by atoms with Gasteiger partial charge in [-0.15, -0.1) is 0 Å². The van der Waals surface area contributed by atoms with E-state index in [9.17, 15) is 9.90 Å². The molecule has 3 atom stereocenters. The van der Waals surface area contributed by atoms with Crippen molar-refractivity contribution in [1.82, 2.24) is 14.9 Å². The van der Waals surface area contributed by atoms with Crippen LogP contribution >= 0.6 is 11.8 Å². The van der Waals surface area contributed by atoms with Gasteiger partial charge in [0, 0.05) is 50.6 Å². The van der Waals surface area contributed by atoms with Crippen molar-refractivity contribution in [3.8, 4) is 11.1 Å². The molecule has 1 aromatic heterocycles. The van der Waals surface area contributed by atoms with Gasteiger partial charge >= 0.3 is 0 Å². The van der Waals surface area contributed by atoms with Crippen LogP contribution in [0.5, 0.6) is 0 Å². The summed E-state index contributed by atoms with van der Waals surface area (Å²) in [6, 6.07) is 24.4. The Kier molecular flexibility index (Phi) is 8.78. The summed E-state index contributed by atoms with van der Waals surface area (Å²) in [6.45, 7) is 2.04. The zero-order chi connectivity index (χ0) is 27.2. The first-order valence-electron chi connectivity index (χ1n) is 13.0. The van der Waals surface area contributed by atoms with E-state index in [1.54, 1.807) is 18.0 Å². The Balaban J connectivity index is 1.34. The fourth-order valence-electron chi connectivity index (χ4n) is 4.60. The number of aromatic nitrogens is 2. The molecule has 1 fully saturated rings. The zero-order valence-electron chi connectivity index (χ0n) is 22.1. The fraction of sp³-hybridized carbons (Fsp3) is 0.290. The third-order valence-corrected chi connectivity index (χ3v) is 7.96. The minimum Gasteiger partial charge on any atom is -0.392 e. The summed E-state index contributed by atoms with van der Waals surface area (Å²) in [4.78, 5) is 15.7. The highest BCUT2D eigenvalue weighted by Crippen LogP contribution is 2.39. The number of carbonyl (C=O) groups excluding carboxylic acids is 1. The van der Waals surface area contributed by atoms with Gasteiger partial charge in [0.15, 0.2) is 11.4 Å². The van der Waals surface area contributed by atoms with E-state index in [0.29, 0.717) is 6.54 Å². The first kappa shape index (κ1) is 27.1. The number of thioether (sulfide) groups is 1. The standard InChI is InChI=1S/C31H33N3O4S/c1-21(36)33-18-23-4-3-5-27(16-23)24-10-12-26(13-11-24)30-37-28(20-39-31-32-14-15-34(31)2)17-29(38-30)25-8-6-22(19-35)7-9-25/h3-16,28-30,35H,17-20H2,1-2H3,(H,33,36)/t28-,29+,30+/m0/s1. The highest BCUT2D eigenvalue weighted by atomic mass is 32.2. The number of benzene rings is 3. The van der Waals surface area contributed by atoms with Crippen LogP contribution in [-0.2, 0) is 34.5 Å². The second-order valence-electron chi connectivity index (χ2n) is 9.71. The second-order valence-corrected chi connectivity index (χ2v) is 10.7. The predicted octanol–water partition coefficient (Wildman–Crippen LogP) is 5.55. The van der Waals surface area contributed by atoms with Crippen molar-refractivity contribution in [3.05, 3.63) is 107 Å². The molecule has 202 valence electrons. The van der Waals surface area contributed by atoms with Crippen LogP contribution in [0.3, 0.4) is 0 Å². The van der Waals surface area contributed by atoms with Gasteiger partial charge in [-0.3, -0.25) is 4.79 Å². The quantitative estimate of drug-likeness (QED) is 0.269. The van der Waals surface area contributed by atoms with E-state index in [1.165, 1.54) is 6.92 Å². The summed E-state index contributed by atoms with van der Waals surface area (Å²) in [5.74, 6) is 0.714. The zero-order valence-corrected chi connectivity index (χ0v) is 22.9. The molecule has 8 heteroatoms. The Morgan fingerprint density at radius 2 is 1.79 bits per heavy atom. The molecule has 0 unspecified atom stereocenters. The Hall–Kier alpha value is -3.43. The SMILES string of the molecule is CC(=O)NCc1cccc(-c2ccc([C@@H]3O[C@H](CSc4nccn4C)C[C@H](c4ccc(CO)cc4)O3)cc2)c1. The molecule has 0 bridgehead atoms. The summed E-state index contributed by atoms with van der Waals surface area (Å²) in [6.07, 6.45) is 3.81. The van der Waals surface area contributed by atoms with Crippen molar-refractivity contribution < 1.29 is 19.4 Å². The lowest BCUT2D eigenvalue weighted by Gasteiger charge is -2.36. The molecule has 4 aromatic rings. The topological polar surface area (TPSA) is 85.6 Å². The van der Waals surface area contributed by atoms with E-state index >= 15 is 0 Å². The molecule has 0 aliphatic carbocycles. The largest absolute Gasteiger partial charge is 0.392 e. The van der Waals surface area contributed by atoms with E-state index in [1.807, 2.05) is 54.2 Å². The monoisotopic (exact) mass is 543 g/mol. The molecule has 2 N–H and O–H groups in total. The van der Waals surface area contributed by atoms with Crippen LogP contribution in [0.4, 0.5) is 0 Å². The number of rotatable bonds is 9. The van der Waals surface area contributed by atoms with Gasteiger partial charge in [0.05, 0.1) is 18.8 Å². The lowest BCUT2D eigenvalue weighted by molar-refractivity contribution is -0.245. The lowest BCUT2D eigenvalue weighted by Crippen LogP contribution is -2.31. The Morgan fingerprint density at radius 1 is 1.03 bits per heavy atom. The number of aryl methyl sites for hydroxylation is 1. The number of carbonyl (C=O) groups is 1. The van der Waals surface area contributed by atoms with Gasteiger partial charge in [0.25, 0.3) is 0 Å². The van der Waals surface area contributed by atoms with Crippen LogP contribution < -0.4 is 5.32 Å². The van der Waals surface area contributed by atoms with Gasteiger partial charge in [0.2, 0.25) is 5.91 Å². The molecule has 1 amide bonds. The third kappa shape index (κ3) is 6.96. The van der Waals surface area contributed by atoms with Gasteiger partial charge in [-0.2, -0.15) is 0 Å². The molecule has 1 aliphatic rings. The maximum Gasteiger partial charge on any atom is 0.217 e. The van der Waals surface area contributed by atoms with Crippen molar-refractivity contribution in [2.24, 2.45) is 7.05 Å². The molecule has 0 saturated carbocycles. The molecule has 5 rings (SSSR count). The number of ether oxygens (including phenoxy) is 2. The van der Waals surface area contributed by atoms with Crippen molar-refractivity contribution in [2.75, 3.05) is 5.75 Å². The number of aliphatic hydroxyl groups excluding tert-OH is 1. The van der Waals surface area contributed by atoms with Crippen LogP contribution in [0.15, 0.2) is 90.3 Å². The van der Waals surface area contributed by atoms with Crippen LogP contribution in [0.25, 0.3) is 11.1 Å². The Bertz CT molecular complexity index is 1390. The van der Waals surface area contributed by atoms with Gasteiger partial charge in [0.1, 0.15) is 0 Å². The third-order valence-electron chi connectivity index (χ3n) is 6.77. The second kappa shape index (κ2) is 12.6. The molecular formula is C31H33N3O4S. The van der Waals surface area contributed by atoms with Crippen molar-refractivity contribution in [3.63, 3.8) is 0 Å².